The van der Waals surface area contributed by atoms with Gasteiger partial charge in [-0.05, 0) is 43.4 Å². The monoisotopic (exact) mass is 296 g/mol. The number of nitrogen functional groups attached to an aromatic ring is 1. The Labute approximate surface area is 119 Å². The molecule has 3 N–H and O–H groups in total. The van der Waals surface area contributed by atoms with E-state index in [1.165, 1.54) is 0 Å². The van der Waals surface area contributed by atoms with Crippen LogP contribution in [0.4, 0.5) is 11.4 Å². The van der Waals surface area contributed by atoms with Crippen LogP contribution in [0.25, 0.3) is 0 Å². The SMILES string of the molecule is Cc1ccc(N)c(NC(=O)CC2CCS(=O)(=O)CC2)c1. The molecular weight excluding hydrogens is 276 g/mol. The highest BCUT2D eigenvalue weighted by Crippen LogP contribution is 2.24. The zero-order valence-corrected chi connectivity index (χ0v) is 12.4. The molecule has 0 aliphatic carbocycles. The highest BCUT2D eigenvalue weighted by atomic mass is 32.2. The molecule has 0 saturated carbocycles. The molecule has 20 heavy (non-hydrogen) atoms. The zero-order chi connectivity index (χ0) is 14.8. The Morgan fingerprint density at radius 2 is 2.00 bits per heavy atom. The van der Waals surface area contributed by atoms with Crippen LogP contribution in [0.2, 0.25) is 0 Å². The van der Waals surface area contributed by atoms with Crippen molar-refractivity contribution in [1.82, 2.24) is 0 Å². The topological polar surface area (TPSA) is 89.3 Å². The van der Waals surface area contributed by atoms with E-state index in [-0.39, 0.29) is 23.3 Å². The third-order valence-corrected chi connectivity index (χ3v) is 5.35. The van der Waals surface area contributed by atoms with E-state index in [1.54, 1.807) is 6.07 Å². The fraction of sp³-hybridized carbons (Fsp3) is 0.500. The smallest absolute Gasteiger partial charge is 0.224 e. The molecule has 1 heterocycles. The number of amides is 1. The van der Waals surface area contributed by atoms with Crippen molar-refractivity contribution in [3.8, 4) is 0 Å². The normalized spacial score (nSPS) is 18.6. The molecule has 1 fully saturated rings. The first-order valence-electron chi connectivity index (χ1n) is 6.72. The summed E-state index contributed by atoms with van der Waals surface area (Å²) < 4.78 is 22.7. The van der Waals surface area contributed by atoms with E-state index in [0.29, 0.717) is 30.6 Å². The van der Waals surface area contributed by atoms with Crippen LogP contribution in [0.1, 0.15) is 24.8 Å². The summed E-state index contributed by atoms with van der Waals surface area (Å²) in [5.41, 5.74) is 8.00. The summed E-state index contributed by atoms with van der Waals surface area (Å²) in [6, 6.07) is 5.48. The number of carbonyl (C=O) groups is 1. The lowest BCUT2D eigenvalue weighted by atomic mass is 9.98. The number of hydrogen-bond acceptors (Lipinski definition) is 4. The summed E-state index contributed by atoms with van der Waals surface area (Å²) in [5, 5.41) is 2.81. The molecule has 1 saturated heterocycles. The Bertz CT molecular complexity index is 597. The van der Waals surface area contributed by atoms with Crippen LogP contribution in [0.3, 0.4) is 0 Å². The van der Waals surface area contributed by atoms with Crippen LogP contribution in [-0.4, -0.2) is 25.8 Å². The van der Waals surface area contributed by atoms with Gasteiger partial charge in [-0.3, -0.25) is 4.79 Å². The molecule has 2 rings (SSSR count). The maximum atomic E-state index is 12.0. The number of benzene rings is 1. The van der Waals surface area contributed by atoms with E-state index in [9.17, 15) is 13.2 Å². The van der Waals surface area contributed by atoms with Crippen molar-refractivity contribution in [1.29, 1.82) is 0 Å². The van der Waals surface area contributed by atoms with Gasteiger partial charge in [0.2, 0.25) is 5.91 Å². The summed E-state index contributed by atoms with van der Waals surface area (Å²) in [6.07, 6.45) is 1.49. The standard InChI is InChI=1S/C14H20N2O3S/c1-10-2-3-12(15)13(8-10)16-14(17)9-11-4-6-20(18,19)7-5-11/h2-3,8,11H,4-7,9,15H2,1H3,(H,16,17). The number of aryl methyl sites for hydroxylation is 1. The van der Waals surface area contributed by atoms with Crippen molar-refractivity contribution in [3.63, 3.8) is 0 Å². The van der Waals surface area contributed by atoms with E-state index >= 15 is 0 Å². The second-order valence-corrected chi connectivity index (χ2v) is 7.74. The van der Waals surface area contributed by atoms with Gasteiger partial charge >= 0.3 is 0 Å². The lowest BCUT2D eigenvalue weighted by Crippen LogP contribution is -2.26. The minimum absolute atomic E-state index is 0.105. The summed E-state index contributed by atoms with van der Waals surface area (Å²) in [5.74, 6) is 0.422. The number of anilines is 2. The lowest BCUT2D eigenvalue weighted by molar-refractivity contribution is -0.117. The molecular formula is C14H20N2O3S. The van der Waals surface area contributed by atoms with Crippen molar-refractivity contribution in [3.05, 3.63) is 23.8 Å². The van der Waals surface area contributed by atoms with Crippen LogP contribution < -0.4 is 11.1 Å². The Hall–Kier alpha value is -1.56. The molecule has 1 aromatic carbocycles. The Kier molecular flexibility index (Phi) is 4.32. The van der Waals surface area contributed by atoms with Crippen molar-refractivity contribution in [2.45, 2.75) is 26.2 Å². The molecule has 1 aliphatic heterocycles. The minimum atomic E-state index is -2.87. The Morgan fingerprint density at radius 3 is 2.65 bits per heavy atom. The van der Waals surface area contributed by atoms with E-state index < -0.39 is 9.84 Å². The first-order valence-corrected chi connectivity index (χ1v) is 8.54. The first-order chi connectivity index (χ1) is 9.35. The number of nitrogens with one attached hydrogen (secondary N) is 1. The fourth-order valence-electron chi connectivity index (χ4n) is 2.38. The molecule has 1 amide bonds. The number of nitrogens with two attached hydrogens (primary N) is 1. The van der Waals surface area contributed by atoms with Crippen LogP contribution in [-0.2, 0) is 14.6 Å². The summed E-state index contributed by atoms with van der Waals surface area (Å²) in [6.45, 7) is 1.93. The zero-order valence-electron chi connectivity index (χ0n) is 11.6. The van der Waals surface area contributed by atoms with E-state index in [4.69, 9.17) is 5.73 Å². The lowest BCUT2D eigenvalue weighted by Gasteiger charge is -2.21. The van der Waals surface area contributed by atoms with E-state index in [2.05, 4.69) is 5.32 Å². The van der Waals surface area contributed by atoms with Crippen LogP contribution in [0.15, 0.2) is 18.2 Å². The Balaban J connectivity index is 1.91. The van der Waals surface area contributed by atoms with Gasteiger partial charge in [0.05, 0.1) is 22.9 Å². The summed E-state index contributed by atoms with van der Waals surface area (Å²) in [4.78, 5) is 12.0. The van der Waals surface area contributed by atoms with Crippen molar-refractivity contribution >= 4 is 27.1 Å². The van der Waals surface area contributed by atoms with Gasteiger partial charge in [-0.2, -0.15) is 0 Å². The van der Waals surface area contributed by atoms with Crippen molar-refractivity contribution in [2.24, 2.45) is 5.92 Å². The molecule has 0 spiro atoms. The summed E-state index contributed by atoms with van der Waals surface area (Å²) in [7, 11) is -2.87. The number of hydrogen-bond donors (Lipinski definition) is 2. The molecule has 0 bridgehead atoms. The minimum Gasteiger partial charge on any atom is -0.397 e. The average molecular weight is 296 g/mol. The second kappa shape index (κ2) is 5.83. The number of sulfone groups is 1. The number of carbonyl (C=O) groups excluding carboxylic acids is 1. The fourth-order valence-corrected chi connectivity index (χ4v) is 3.97. The third kappa shape index (κ3) is 3.96. The largest absolute Gasteiger partial charge is 0.397 e. The third-order valence-electron chi connectivity index (χ3n) is 3.63. The van der Waals surface area contributed by atoms with Crippen LogP contribution >= 0.6 is 0 Å². The molecule has 1 aromatic rings. The maximum absolute atomic E-state index is 12.0. The van der Waals surface area contributed by atoms with Crippen molar-refractivity contribution in [2.75, 3.05) is 22.6 Å². The summed E-state index contributed by atoms with van der Waals surface area (Å²) >= 11 is 0. The van der Waals surface area contributed by atoms with Gasteiger partial charge in [-0.25, -0.2) is 8.42 Å². The van der Waals surface area contributed by atoms with Gasteiger partial charge in [-0.1, -0.05) is 6.07 Å². The van der Waals surface area contributed by atoms with Gasteiger partial charge in [0.25, 0.3) is 0 Å². The Morgan fingerprint density at radius 1 is 1.35 bits per heavy atom. The predicted molar refractivity (Wildman–Crippen MR) is 80.2 cm³/mol. The molecule has 1 aliphatic rings. The molecule has 5 nitrogen and oxygen atoms in total. The van der Waals surface area contributed by atoms with Gasteiger partial charge in [-0.15, -0.1) is 0 Å². The first kappa shape index (κ1) is 14.8. The molecule has 6 heteroatoms. The van der Waals surface area contributed by atoms with Crippen LogP contribution in [0, 0.1) is 12.8 Å². The van der Waals surface area contributed by atoms with Gasteiger partial charge < -0.3 is 11.1 Å². The van der Waals surface area contributed by atoms with Gasteiger partial charge in [0.1, 0.15) is 9.84 Å². The molecule has 110 valence electrons. The quantitative estimate of drug-likeness (QED) is 0.831. The van der Waals surface area contributed by atoms with Gasteiger partial charge in [0, 0.05) is 6.42 Å². The number of rotatable bonds is 3. The van der Waals surface area contributed by atoms with Crippen molar-refractivity contribution < 1.29 is 13.2 Å². The van der Waals surface area contributed by atoms with Crippen LogP contribution in [0.5, 0.6) is 0 Å². The molecule has 0 aromatic heterocycles. The van der Waals surface area contributed by atoms with Gasteiger partial charge in [0.15, 0.2) is 0 Å². The maximum Gasteiger partial charge on any atom is 0.224 e. The molecule has 0 radical (unpaired) electrons. The predicted octanol–water partition coefficient (Wildman–Crippen LogP) is 1.73. The van der Waals surface area contributed by atoms with E-state index in [1.807, 2.05) is 19.1 Å². The second-order valence-electron chi connectivity index (χ2n) is 5.44. The molecule has 0 unspecified atom stereocenters. The van der Waals surface area contributed by atoms with E-state index in [0.717, 1.165) is 5.56 Å². The highest BCUT2D eigenvalue weighted by molar-refractivity contribution is 7.91. The molecule has 0 atom stereocenters. The average Bonchev–Trinajstić information content (AvgIpc) is 2.36. The highest BCUT2D eigenvalue weighted by Gasteiger charge is 2.25.